The Morgan fingerprint density at radius 3 is 2.09 bits per heavy atom. The quantitative estimate of drug-likeness (QED) is 0.926. The molecule has 0 radical (unpaired) electrons. The molecular weight excluding hydrogens is 298 g/mol. The molecule has 0 saturated carbocycles. The third kappa shape index (κ3) is 2.40. The number of ether oxygens (including phenoxy) is 1. The predicted molar refractivity (Wildman–Crippen MR) is 85.0 cm³/mol. The summed E-state index contributed by atoms with van der Waals surface area (Å²) in [5, 5.41) is 3.53. The Morgan fingerprint density at radius 2 is 1.55 bits per heavy atom. The van der Waals surface area contributed by atoms with E-state index in [1.165, 1.54) is 0 Å². The molecule has 2 aromatic rings. The lowest BCUT2D eigenvalue weighted by molar-refractivity contribution is 0.411. The molecule has 0 unspecified atom stereocenters. The summed E-state index contributed by atoms with van der Waals surface area (Å²) < 4.78 is 29.4. The van der Waals surface area contributed by atoms with Crippen LogP contribution < -0.4 is 10.1 Å². The van der Waals surface area contributed by atoms with Crippen LogP contribution in [0.3, 0.4) is 0 Å². The topological polar surface area (TPSA) is 55.4 Å². The molecule has 0 aromatic heterocycles. The standard InChI is InChI=1S/C17H17NO3S/c19-22(20)10-9-12(11-22)18-17-13-5-1-3-7-15(13)21-16-8-4-2-6-14(16)17/h1-8,12,17-18H,9-11H2/t12-/m0/s1. The highest BCUT2D eigenvalue weighted by Crippen LogP contribution is 2.42. The number of sulfone groups is 1. The zero-order chi connectivity index (χ0) is 15.2. The monoisotopic (exact) mass is 315 g/mol. The Hall–Kier alpha value is -1.85. The number of benzene rings is 2. The molecular formula is C17H17NO3S. The number of rotatable bonds is 2. The van der Waals surface area contributed by atoms with E-state index in [9.17, 15) is 8.42 Å². The van der Waals surface area contributed by atoms with Crippen molar-refractivity contribution in [3.05, 3.63) is 59.7 Å². The van der Waals surface area contributed by atoms with Crippen LogP contribution in [-0.2, 0) is 9.84 Å². The normalized spacial score (nSPS) is 22.6. The molecule has 1 N–H and O–H groups in total. The Kier molecular flexibility index (Phi) is 3.20. The van der Waals surface area contributed by atoms with E-state index in [1.807, 2.05) is 48.5 Å². The fraction of sp³-hybridized carbons (Fsp3) is 0.294. The van der Waals surface area contributed by atoms with Gasteiger partial charge in [-0.1, -0.05) is 36.4 Å². The highest BCUT2D eigenvalue weighted by atomic mass is 32.2. The zero-order valence-corrected chi connectivity index (χ0v) is 12.8. The summed E-state index contributed by atoms with van der Waals surface area (Å²) >= 11 is 0. The van der Waals surface area contributed by atoms with Crippen molar-refractivity contribution in [2.24, 2.45) is 0 Å². The van der Waals surface area contributed by atoms with Crippen LogP contribution in [0, 0.1) is 0 Å². The van der Waals surface area contributed by atoms with Gasteiger partial charge in [-0.15, -0.1) is 0 Å². The van der Waals surface area contributed by atoms with E-state index >= 15 is 0 Å². The van der Waals surface area contributed by atoms with Gasteiger partial charge in [-0.2, -0.15) is 0 Å². The summed E-state index contributed by atoms with van der Waals surface area (Å²) in [6.45, 7) is 0. The maximum atomic E-state index is 11.7. The van der Waals surface area contributed by atoms with Gasteiger partial charge in [-0.3, -0.25) is 0 Å². The van der Waals surface area contributed by atoms with Gasteiger partial charge in [0.15, 0.2) is 9.84 Å². The molecule has 1 fully saturated rings. The number of para-hydroxylation sites is 2. The number of fused-ring (bicyclic) bond motifs is 2. The van der Waals surface area contributed by atoms with Gasteiger partial charge in [-0.05, 0) is 18.6 Å². The molecule has 2 aromatic carbocycles. The van der Waals surface area contributed by atoms with Gasteiger partial charge < -0.3 is 10.1 Å². The molecule has 0 spiro atoms. The Morgan fingerprint density at radius 1 is 0.955 bits per heavy atom. The molecule has 114 valence electrons. The molecule has 5 heteroatoms. The average molecular weight is 315 g/mol. The largest absolute Gasteiger partial charge is 0.457 e. The van der Waals surface area contributed by atoms with Crippen molar-refractivity contribution < 1.29 is 13.2 Å². The third-order valence-corrected chi connectivity index (χ3v) is 6.08. The highest BCUT2D eigenvalue weighted by molar-refractivity contribution is 7.91. The van der Waals surface area contributed by atoms with Crippen molar-refractivity contribution >= 4 is 9.84 Å². The lowest BCUT2D eigenvalue weighted by Gasteiger charge is -2.30. The highest BCUT2D eigenvalue weighted by Gasteiger charge is 2.33. The lowest BCUT2D eigenvalue weighted by atomic mass is 9.94. The van der Waals surface area contributed by atoms with Crippen molar-refractivity contribution in [3.63, 3.8) is 0 Å². The fourth-order valence-electron chi connectivity index (χ4n) is 3.25. The SMILES string of the molecule is O=S1(=O)CC[C@H](NC2c3ccccc3Oc3ccccc32)C1. The average Bonchev–Trinajstić information content (AvgIpc) is 2.86. The summed E-state index contributed by atoms with van der Waals surface area (Å²) in [6.07, 6.45) is 0.671. The van der Waals surface area contributed by atoms with Crippen LogP contribution in [0.25, 0.3) is 0 Å². The second-order valence-corrected chi connectivity index (χ2v) is 8.11. The van der Waals surface area contributed by atoms with Gasteiger partial charge in [0.25, 0.3) is 0 Å². The maximum Gasteiger partial charge on any atom is 0.151 e. The Labute approximate surface area is 130 Å². The third-order valence-electron chi connectivity index (χ3n) is 4.31. The van der Waals surface area contributed by atoms with Crippen molar-refractivity contribution in [1.29, 1.82) is 0 Å². The van der Waals surface area contributed by atoms with Gasteiger partial charge in [0.1, 0.15) is 11.5 Å². The van der Waals surface area contributed by atoms with E-state index in [0.29, 0.717) is 6.42 Å². The molecule has 1 saturated heterocycles. The van der Waals surface area contributed by atoms with Gasteiger partial charge in [0, 0.05) is 17.2 Å². The van der Waals surface area contributed by atoms with Crippen molar-refractivity contribution in [2.45, 2.75) is 18.5 Å². The minimum absolute atomic E-state index is 0.00536. The minimum atomic E-state index is -2.89. The van der Waals surface area contributed by atoms with E-state index in [0.717, 1.165) is 22.6 Å². The summed E-state index contributed by atoms with van der Waals surface area (Å²) in [5.41, 5.74) is 2.12. The van der Waals surface area contributed by atoms with Crippen LogP contribution >= 0.6 is 0 Å². The van der Waals surface area contributed by atoms with Crippen LogP contribution in [-0.4, -0.2) is 26.0 Å². The first-order chi connectivity index (χ1) is 10.6. The van der Waals surface area contributed by atoms with Crippen LogP contribution in [0.15, 0.2) is 48.5 Å². The second-order valence-electron chi connectivity index (χ2n) is 5.88. The summed E-state index contributed by atoms with van der Waals surface area (Å²) in [7, 11) is -2.89. The van der Waals surface area contributed by atoms with Gasteiger partial charge in [-0.25, -0.2) is 8.42 Å². The Balaban J connectivity index is 1.72. The summed E-state index contributed by atoms with van der Waals surface area (Å²) in [4.78, 5) is 0. The second kappa shape index (κ2) is 5.11. The smallest absolute Gasteiger partial charge is 0.151 e. The lowest BCUT2D eigenvalue weighted by Crippen LogP contribution is -2.35. The first-order valence-electron chi connectivity index (χ1n) is 7.44. The van der Waals surface area contributed by atoms with Gasteiger partial charge >= 0.3 is 0 Å². The number of nitrogens with one attached hydrogen (secondary N) is 1. The molecule has 2 heterocycles. The van der Waals surface area contributed by atoms with Crippen LogP contribution in [0.5, 0.6) is 11.5 Å². The maximum absolute atomic E-state index is 11.7. The van der Waals surface area contributed by atoms with E-state index in [-0.39, 0.29) is 23.6 Å². The number of hydrogen-bond donors (Lipinski definition) is 1. The van der Waals surface area contributed by atoms with Crippen LogP contribution in [0.1, 0.15) is 23.6 Å². The minimum Gasteiger partial charge on any atom is -0.457 e. The summed E-state index contributed by atoms with van der Waals surface area (Å²) in [6, 6.07) is 15.8. The van der Waals surface area contributed by atoms with Crippen LogP contribution in [0.4, 0.5) is 0 Å². The van der Waals surface area contributed by atoms with E-state index in [1.54, 1.807) is 0 Å². The number of hydrogen-bond acceptors (Lipinski definition) is 4. The van der Waals surface area contributed by atoms with Gasteiger partial charge in [0.05, 0.1) is 17.5 Å². The van der Waals surface area contributed by atoms with Crippen LogP contribution in [0.2, 0.25) is 0 Å². The van der Waals surface area contributed by atoms with Crippen molar-refractivity contribution in [1.82, 2.24) is 5.32 Å². The molecule has 4 rings (SSSR count). The van der Waals surface area contributed by atoms with Gasteiger partial charge in [0.2, 0.25) is 0 Å². The fourth-order valence-corrected chi connectivity index (χ4v) is 4.94. The Bertz CT molecular complexity index is 771. The molecule has 4 nitrogen and oxygen atoms in total. The first-order valence-corrected chi connectivity index (χ1v) is 9.27. The molecule has 0 amide bonds. The van der Waals surface area contributed by atoms with E-state index in [2.05, 4.69) is 5.32 Å². The molecule has 2 aliphatic rings. The molecule has 2 aliphatic heterocycles. The molecule has 0 aliphatic carbocycles. The summed E-state index contributed by atoms with van der Waals surface area (Å²) in [5.74, 6) is 2.16. The molecule has 1 atom stereocenters. The van der Waals surface area contributed by atoms with E-state index < -0.39 is 9.84 Å². The predicted octanol–water partition coefficient (Wildman–Crippen LogP) is 2.66. The van der Waals surface area contributed by atoms with Crippen molar-refractivity contribution in [3.8, 4) is 11.5 Å². The van der Waals surface area contributed by atoms with E-state index in [4.69, 9.17) is 4.74 Å². The molecule has 22 heavy (non-hydrogen) atoms. The zero-order valence-electron chi connectivity index (χ0n) is 12.0. The first kappa shape index (κ1) is 13.8. The van der Waals surface area contributed by atoms with Crippen molar-refractivity contribution in [2.75, 3.05) is 11.5 Å². The molecule has 0 bridgehead atoms.